The highest BCUT2D eigenvalue weighted by Crippen LogP contribution is 2.15. The number of aliphatic hydroxyl groups is 1. The summed E-state index contributed by atoms with van der Waals surface area (Å²) in [7, 11) is 0. The van der Waals surface area contributed by atoms with E-state index >= 15 is 0 Å². The first-order valence-corrected chi connectivity index (χ1v) is 6.78. The number of aliphatic hydroxyl groups excluding tert-OH is 1. The minimum Gasteiger partial charge on any atom is -0.595 e. The quantitative estimate of drug-likeness (QED) is 0.431. The second-order valence-electron chi connectivity index (χ2n) is 4.88. The van der Waals surface area contributed by atoms with E-state index in [0.717, 1.165) is 0 Å². The van der Waals surface area contributed by atoms with Crippen LogP contribution in [-0.2, 0) is 0 Å². The zero-order chi connectivity index (χ0) is 16.4. The summed E-state index contributed by atoms with van der Waals surface area (Å²) in [6.07, 6.45) is 1.25. The third-order valence-corrected chi connectivity index (χ3v) is 3.31. The van der Waals surface area contributed by atoms with Gasteiger partial charge < -0.3 is 15.3 Å². The van der Waals surface area contributed by atoms with Gasteiger partial charge in [0.2, 0.25) is 0 Å². The van der Waals surface area contributed by atoms with Gasteiger partial charge >= 0.3 is 0 Å². The van der Waals surface area contributed by atoms with Gasteiger partial charge in [0, 0.05) is 23.8 Å². The Morgan fingerprint density at radius 3 is 2.65 bits per heavy atom. The van der Waals surface area contributed by atoms with Crippen molar-refractivity contribution in [3.05, 3.63) is 75.3 Å². The lowest BCUT2D eigenvalue weighted by molar-refractivity contribution is -0.991. The van der Waals surface area contributed by atoms with Gasteiger partial charge in [0.25, 0.3) is 5.56 Å². The number of nitrogens with zero attached hydrogens (tertiary/aromatic N) is 1. The largest absolute Gasteiger partial charge is 0.595 e. The van der Waals surface area contributed by atoms with Crippen molar-refractivity contribution in [3.8, 4) is 0 Å². The summed E-state index contributed by atoms with van der Waals surface area (Å²) in [5, 5.41) is 29.0. The molecule has 1 unspecified atom stereocenters. The molecule has 23 heavy (non-hydrogen) atoms. The molecule has 0 saturated carbocycles. The van der Waals surface area contributed by atoms with Crippen LogP contribution in [0.25, 0.3) is 22.9 Å². The maximum atomic E-state index is 12.0. The van der Waals surface area contributed by atoms with Crippen LogP contribution in [0.2, 0.25) is 0 Å². The molecule has 116 valence electrons. The Bertz CT molecular complexity index is 933. The molecular weight excluding hydrogens is 298 g/mol. The van der Waals surface area contributed by atoms with Gasteiger partial charge in [-0.15, -0.1) is 0 Å². The molecule has 0 aliphatic rings. The fourth-order valence-corrected chi connectivity index (χ4v) is 2.15. The van der Waals surface area contributed by atoms with Crippen molar-refractivity contribution in [1.82, 2.24) is 9.97 Å². The number of aromatic amines is 1. The van der Waals surface area contributed by atoms with Gasteiger partial charge in [-0.1, -0.05) is 30.3 Å². The minimum atomic E-state index is -1.08. The number of hydrogen-bond acceptors (Lipinski definition) is 5. The van der Waals surface area contributed by atoms with Gasteiger partial charge in [0.15, 0.2) is 5.69 Å². The highest BCUT2D eigenvalue weighted by Gasteiger charge is 2.08. The molecule has 0 aliphatic carbocycles. The van der Waals surface area contributed by atoms with Gasteiger partial charge in [-0.3, -0.25) is 4.79 Å². The van der Waals surface area contributed by atoms with E-state index in [1.807, 2.05) is 6.07 Å². The van der Waals surface area contributed by atoms with Crippen LogP contribution in [0.4, 0.5) is 5.69 Å². The molecule has 0 aliphatic heterocycles. The van der Waals surface area contributed by atoms with Gasteiger partial charge in [-0.2, -0.15) is 5.23 Å². The first kappa shape index (κ1) is 14.9. The molecule has 7 heteroatoms. The van der Waals surface area contributed by atoms with E-state index in [1.165, 1.54) is 24.3 Å². The predicted molar refractivity (Wildman–Crippen MR) is 85.1 cm³/mol. The summed E-state index contributed by atoms with van der Waals surface area (Å²) in [5.41, 5.74) is 0.907. The third-order valence-electron chi connectivity index (χ3n) is 3.31. The SMILES string of the molecule is O=c1[nH]c2ccc([NH+]([O-])O)cc2nc1/C=C(\O)c1ccccc1. The molecule has 0 radical (unpaired) electrons. The summed E-state index contributed by atoms with van der Waals surface area (Å²) in [6.45, 7) is 0. The monoisotopic (exact) mass is 311 g/mol. The first-order chi connectivity index (χ1) is 11.0. The van der Waals surface area contributed by atoms with Gasteiger partial charge in [-0.25, -0.2) is 10.2 Å². The number of aromatic nitrogens is 2. The van der Waals surface area contributed by atoms with Crippen molar-refractivity contribution in [3.63, 3.8) is 0 Å². The molecular formula is C16H13N3O4. The fourth-order valence-electron chi connectivity index (χ4n) is 2.15. The van der Waals surface area contributed by atoms with Crippen LogP contribution in [-0.4, -0.2) is 20.3 Å². The molecule has 4 N–H and O–H groups in total. The van der Waals surface area contributed by atoms with Crippen LogP contribution in [0, 0.1) is 5.21 Å². The van der Waals surface area contributed by atoms with E-state index in [-0.39, 0.29) is 17.1 Å². The summed E-state index contributed by atoms with van der Waals surface area (Å²) < 4.78 is 0. The fraction of sp³-hybridized carbons (Fsp3) is 0. The number of rotatable bonds is 3. The molecule has 2 aromatic carbocycles. The number of H-pyrrole nitrogens is 1. The first-order valence-electron chi connectivity index (χ1n) is 6.78. The summed E-state index contributed by atoms with van der Waals surface area (Å²) >= 11 is 0. The summed E-state index contributed by atoms with van der Waals surface area (Å²) in [5.74, 6) is -0.0997. The topological polar surface area (TPSA) is 114 Å². The molecule has 0 fully saturated rings. The van der Waals surface area contributed by atoms with Crippen LogP contribution in [0.15, 0.2) is 53.3 Å². The Morgan fingerprint density at radius 1 is 1.22 bits per heavy atom. The van der Waals surface area contributed by atoms with E-state index in [2.05, 4.69) is 9.97 Å². The van der Waals surface area contributed by atoms with E-state index < -0.39 is 10.8 Å². The number of nitrogens with one attached hydrogen (secondary N) is 2. The molecule has 1 aromatic heterocycles. The average Bonchev–Trinajstić information content (AvgIpc) is 2.55. The Morgan fingerprint density at radius 2 is 1.96 bits per heavy atom. The van der Waals surface area contributed by atoms with Crippen molar-refractivity contribution < 1.29 is 15.5 Å². The summed E-state index contributed by atoms with van der Waals surface area (Å²) in [6, 6.07) is 13.0. The molecule has 0 bridgehead atoms. The maximum Gasteiger partial charge on any atom is 0.274 e. The smallest absolute Gasteiger partial charge is 0.274 e. The Kier molecular flexibility index (Phi) is 3.90. The molecule has 0 saturated heterocycles. The second-order valence-corrected chi connectivity index (χ2v) is 4.88. The molecule has 1 atom stereocenters. The number of hydrogen-bond donors (Lipinski definition) is 4. The number of quaternary nitrogens is 1. The molecule has 0 spiro atoms. The van der Waals surface area contributed by atoms with Gasteiger partial charge in [-0.05, 0) is 6.07 Å². The van der Waals surface area contributed by atoms with Crippen LogP contribution in [0.3, 0.4) is 0 Å². The van der Waals surface area contributed by atoms with Crippen LogP contribution >= 0.6 is 0 Å². The van der Waals surface area contributed by atoms with E-state index in [1.54, 1.807) is 24.3 Å². The third kappa shape index (κ3) is 3.11. The lowest BCUT2D eigenvalue weighted by atomic mass is 10.1. The van der Waals surface area contributed by atoms with Gasteiger partial charge in [0.1, 0.15) is 11.5 Å². The molecule has 7 nitrogen and oxygen atoms in total. The van der Waals surface area contributed by atoms with E-state index in [0.29, 0.717) is 16.6 Å². The highest BCUT2D eigenvalue weighted by molar-refractivity contribution is 5.80. The number of fused-ring (bicyclic) bond motifs is 1. The van der Waals surface area contributed by atoms with Crippen molar-refractivity contribution in [2.75, 3.05) is 0 Å². The number of benzene rings is 2. The van der Waals surface area contributed by atoms with Crippen LogP contribution in [0.5, 0.6) is 0 Å². The van der Waals surface area contributed by atoms with Crippen molar-refractivity contribution in [2.45, 2.75) is 0 Å². The van der Waals surface area contributed by atoms with Gasteiger partial charge in [0.05, 0.1) is 11.0 Å². The predicted octanol–water partition coefficient (Wildman–Crippen LogP) is 1.38. The Labute approximate surface area is 130 Å². The van der Waals surface area contributed by atoms with Crippen molar-refractivity contribution in [1.29, 1.82) is 0 Å². The standard InChI is InChI=1S/C16H13N3O4/c20-15(10-4-2-1-3-5-10)9-14-16(21)18-12-7-6-11(19(22)23)8-13(12)17-14/h1-9,19-20,22H,(H,18,21)/b15-9-. The molecule has 3 rings (SSSR count). The van der Waals surface area contributed by atoms with E-state index in [4.69, 9.17) is 5.21 Å². The van der Waals surface area contributed by atoms with E-state index in [9.17, 15) is 15.1 Å². The van der Waals surface area contributed by atoms with Crippen LogP contribution < -0.4 is 10.8 Å². The zero-order valence-electron chi connectivity index (χ0n) is 11.9. The van der Waals surface area contributed by atoms with Crippen molar-refractivity contribution >= 4 is 28.6 Å². The minimum absolute atomic E-state index is 0.00129. The lowest BCUT2D eigenvalue weighted by Gasteiger charge is -2.11. The average molecular weight is 311 g/mol. The van der Waals surface area contributed by atoms with Crippen molar-refractivity contribution in [2.24, 2.45) is 0 Å². The lowest BCUT2D eigenvalue weighted by Crippen LogP contribution is -2.99. The Hall–Kier alpha value is -3.00. The zero-order valence-corrected chi connectivity index (χ0v) is 11.9. The second kappa shape index (κ2) is 6.01. The maximum absolute atomic E-state index is 12.0. The summed E-state index contributed by atoms with van der Waals surface area (Å²) in [4.78, 5) is 18.8. The Balaban J connectivity index is 2.10. The molecule has 1 heterocycles. The highest BCUT2D eigenvalue weighted by atomic mass is 16.8. The molecule has 0 amide bonds. The normalized spacial score (nSPS) is 13.2. The molecule has 3 aromatic rings. The van der Waals surface area contributed by atoms with Crippen LogP contribution in [0.1, 0.15) is 11.3 Å².